The average Bonchev–Trinajstić information content (AvgIpc) is 2.33. The summed E-state index contributed by atoms with van der Waals surface area (Å²) in [7, 11) is 0. The highest BCUT2D eigenvalue weighted by Crippen LogP contribution is 2.19. The van der Waals surface area contributed by atoms with Gasteiger partial charge in [0.1, 0.15) is 0 Å². The lowest BCUT2D eigenvalue weighted by molar-refractivity contribution is 0.100. The summed E-state index contributed by atoms with van der Waals surface area (Å²) in [5, 5.41) is 0. The van der Waals surface area contributed by atoms with E-state index in [2.05, 4.69) is 22.5 Å². The Bertz CT molecular complexity index is 299. The molecular formula is C8H7BrO2. The van der Waals surface area contributed by atoms with Crippen LogP contribution in [0.2, 0.25) is 0 Å². The summed E-state index contributed by atoms with van der Waals surface area (Å²) < 4.78 is 5.60. The monoisotopic (exact) mass is 214 g/mol. The SMILES string of the molecule is C=C(C)C(=O)c1occc1Br. The largest absolute Gasteiger partial charge is 0.460 e. The van der Waals surface area contributed by atoms with E-state index in [1.165, 1.54) is 6.26 Å². The predicted molar refractivity (Wildman–Crippen MR) is 45.6 cm³/mol. The molecule has 1 aromatic heterocycles. The molecule has 0 saturated heterocycles. The maximum Gasteiger partial charge on any atom is 0.224 e. The van der Waals surface area contributed by atoms with Crippen molar-refractivity contribution in [2.24, 2.45) is 0 Å². The van der Waals surface area contributed by atoms with Gasteiger partial charge in [0.2, 0.25) is 5.78 Å². The van der Waals surface area contributed by atoms with E-state index < -0.39 is 0 Å². The van der Waals surface area contributed by atoms with E-state index in [9.17, 15) is 4.79 Å². The van der Waals surface area contributed by atoms with Crippen LogP contribution >= 0.6 is 15.9 Å². The molecule has 0 atom stereocenters. The Morgan fingerprint density at radius 3 is 2.73 bits per heavy atom. The summed E-state index contributed by atoms with van der Waals surface area (Å²) in [6, 6.07) is 1.68. The van der Waals surface area contributed by atoms with Crippen molar-refractivity contribution in [3.63, 3.8) is 0 Å². The highest BCUT2D eigenvalue weighted by molar-refractivity contribution is 9.10. The zero-order valence-electron chi connectivity index (χ0n) is 6.06. The third-order valence-electron chi connectivity index (χ3n) is 1.21. The Morgan fingerprint density at radius 1 is 1.73 bits per heavy atom. The van der Waals surface area contributed by atoms with Gasteiger partial charge in [-0.1, -0.05) is 6.58 Å². The van der Waals surface area contributed by atoms with Crippen LogP contribution in [0.25, 0.3) is 0 Å². The zero-order valence-corrected chi connectivity index (χ0v) is 7.64. The van der Waals surface area contributed by atoms with E-state index in [0.29, 0.717) is 15.8 Å². The van der Waals surface area contributed by atoms with E-state index in [4.69, 9.17) is 4.42 Å². The van der Waals surface area contributed by atoms with Crippen molar-refractivity contribution in [1.29, 1.82) is 0 Å². The van der Waals surface area contributed by atoms with Gasteiger partial charge in [-0.3, -0.25) is 4.79 Å². The minimum absolute atomic E-state index is 0.165. The van der Waals surface area contributed by atoms with Gasteiger partial charge < -0.3 is 4.42 Å². The summed E-state index contributed by atoms with van der Waals surface area (Å²) in [6.07, 6.45) is 1.46. The van der Waals surface area contributed by atoms with Crippen LogP contribution in [-0.2, 0) is 0 Å². The number of carbonyl (C=O) groups is 1. The zero-order chi connectivity index (χ0) is 8.43. The molecule has 0 amide bonds. The fraction of sp³-hybridized carbons (Fsp3) is 0.125. The van der Waals surface area contributed by atoms with Crippen molar-refractivity contribution < 1.29 is 9.21 Å². The van der Waals surface area contributed by atoms with E-state index >= 15 is 0 Å². The summed E-state index contributed by atoms with van der Waals surface area (Å²) >= 11 is 3.18. The second-order valence-corrected chi connectivity index (χ2v) is 3.06. The fourth-order valence-corrected chi connectivity index (χ4v) is 1.03. The first-order chi connectivity index (χ1) is 5.13. The molecule has 0 saturated carbocycles. The van der Waals surface area contributed by atoms with Gasteiger partial charge in [0.25, 0.3) is 0 Å². The number of hydrogen-bond acceptors (Lipinski definition) is 2. The number of hydrogen-bond donors (Lipinski definition) is 0. The Balaban J connectivity index is 3.02. The molecular weight excluding hydrogens is 208 g/mol. The van der Waals surface area contributed by atoms with Gasteiger partial charge in [-0.05, 0) is 34.5 Å². The highest BCUT2D eigenvalue weighted by atomic mass is 79.9. The standard InChI is InChI=1S/C8H7BrO2/c1-5(2)7(10)8-6(9)3-4-11-8/h3-4H,1H2,2H3. The summed E-state index contributed by atoms with van der Waals surface area (Å²) in [5.74, 6) is 0.152. The van der Waals surface area contributed by atoms with Crippen molar-refractivity contribution >= 4 is 21.7 Å². The summed E-state index contributed by atoms with van der Waals surface area (Å²) in [4.78, 5) is 11.2. The number of ketones is 1. The van der Waals surface area contributed by atoms with E-state index in [1.54, 1.807) is 13.0 Å². The summed E-state index contributed by atoms with van der Waals surface area (Å²) in [6.45, 7) is 5.17. The third-order valence-corrected chi connectivity index (χ3v) is 1.84. The Hall–Kier alpha value is -0.830. The van der Waals surface area contributed by atoms with Crippen molar-refractivity contribution in [1.82, 2.24) is 0 Å². The maximum absolute atomic E-state index is 11.2. The predicted octanol–water partition coefficient (Wildman–Crippen LogP) is 2.80. The molecule has 1 heterocycles. The van der Waals surface area contributed by atoms with Crippen LogP contribution in [-0.4, -0.2) is 5.78 Å². The van der Waals surface area contributed by atoms with E-state index in [1.807, 2.05) is 0 Å². The van der Waals surface area contributed by atoms with Gasteiger partial charge in [-0.15, -0.1) is 0 Å². The second-order valence-electron chi connectivity index (χ2n) is 2.21. The molecule has 0 aliphatic rings. The van der Waals surface area contributed by atoms with Crippen LogP contribution < -0.4 is 0 Å². The van der Waals surface area contributed by atoms with Crippen LogP contribution in [0.15, 0.2) is 33.4 Å². The van der Waals surface area contributed by atoms with Crippen LogP contribution in [0.5, 0.6) is 0 Å². The first-order valence-electron chi connectivity index (χ1n) is 3.06. The Morgan fingerprint density at radius 2 is 2.36 bits per heavy atom. The van der Waals surface area contributed by atoms with Crippen LogP contribution in [0.1, 0.15) is 17.5 Å². The van der Waals surface area contributed by atoms with Crippen LogP contribution in [0.3, 0.4) is 0 Å². The molecule has 0 aliphatic carbocycles. The molecule has 1 rings (SSSR count). The molecule has 1 aromatic rings. The lowest BCUT2D eigenvalue weighted by Gasteiger charge is -1.93. The Kier molecular flexibility index (Phi) is 2.29. The molecule has 58 valence electrons. The molecule has 0 aliphatic heterocycles. The van der Waals surface area contributed by atoms with Gasteiger partial charge in [0, 0.05) is 0 Å². The van der Waals surface area contributed by atoms with Crippen LogP contribution in [0.4, 0.5) is 0 Å². The van der Waals surface area contributed by atoms with Crippen molar-refractivity contribution in [3.8, 4) is 0 Å². The van der Waals surface area contributed by atoms with Gasteiger partial charge >= 0.3 is 0 Å². The van der Waals surface area contributed by atoms with Gasteiger partial charge in [0.05, 0.1) is 10.7 Å². The maximum atomic E-state index is 11.2. The second kappa shape index (κ2) is 3.05. The van der Waals surface area contributed by atoms with Crippen molar-refractivity contribution in [3.05, 3.63) is 34.7 Å². The molecule has 0 spiro atoms. The van der Waals surface area contributed by atoms with Crippen molar-refractivity contribution in [2.45, 2.75) is 6.92 Å². The molecule has 0 unspecified atom stereocenters. The number of allylic oxidation sites excluding steroid dienone is 1. The number of carbonyl (C=O) groups excluding carboxylic acids is 1. The normalized spacial score (nSPS) is 9.64. The Labute approximate surface area is 73.0 Å². The molecule has 0 aromatic carbocycles. The van der Waals surface area contributed by atoms with Crippen LogP contribution in [0, 0.1) is 0 Å². The molecule has 0 fully saturated rings. The highest BCUT2D eigenvalue weighted by Gasteiger charge is 2.13. The smallest absolute Gasteiger partial charge is 0.224 e. The van der Waals surface area contributed by atoms with E-state index in [0.717, 1.165) is 0 Å². The van der Waals surface area contributed by atoms with E-state index in [-0.39, 0.29) is 5.78 Å². The minimum atomic E-state index is -0.165. The molecule has 3 heteroatoms. The number of rotatable bonds is 2. The summed E-state index contributed by atoms with van der Waals surface area (Å²) in [5.41, 5.74) is 0.473. The number of furan rings is 1. The fourth-order valence-electron chi connectivity index (χ4n) is 0.650. The molecule has 0 radical (unpaired) electrons. The average molecular weight is 215 g/mol. The molecule has 2 nitrogen and oxygen atoms in total. The lowest BCUT2D eigenvalue weighted by Crippen LogP contribution is -1.97. The number of halogens is 1. The first-order valence-corrected chi connectivity index (χ1v) is 3.85. The third kappa shape index (κ3) is 1.60. The topological polar surface area (TPSA) is 30.2 Å². The van der Waals surface area contributed by atoms with Crippen molar-refractivity contribution in [2.75, 3.05) is 0 Å². The van der Waals surface area contributed by atoms with Gasteiger partial charge in [0.15, 0.2) is 5.76 Å². The molecule has 0 bridgehead atoms. The minimum Gasteiger partial charge on any atom is -0.460 e. The number of Topliss-reactive ketones (excluding diaryl/α,β-unsaturated/α-hetero) is 1. The quantitative estimate of drug-likeness (QED) is 0.560. The lowest BCUT2D eigenvalue weighted by atomic mass is 10.2. The van der Waals surface area contributed by atoms with Gasteiger partial charge in [-0.25, -0.2) is 0 Å². The first kappa shape index (κ1) is 8.27. The molecule has 0 N–H and O–H groups in total. The molecule has 11 heavy (non-hydrogen) atoms. The van der Waals surface area contributed by atoms with Gasteiger partial charge in [-0.2, -0.15) is 0 Å².